The molecule has 0 radical (unpaired) electrons. The van der Waals surface area contributed by atoms with Gasteiger partial charge in [0.2, 0.25) is 0 Å². The van der Waals surface area contributed by atoms with Gasteiger partial charge in [-0.2, -0.15) is 0 Å². The van der Waals surface area contributed by atoms with Crippen LogP contribution in [0.1, 0.15) is 23.4 Å². The van der Waals surface area contributed by atoms with Gasteiger partial charge in [0.1, 0.15) is 5.75 Å². The van der Waals surface area contributed by atoms with Crippen LogP contribution in [0.4, 0.5) is 0 Å². The quantitative estimate of drug-likeness (QED) is 0.539. The van der Waals surface area contributed by atoms with E-state index in [0.717, 1.165) is 15.6 Å². The van der Waals surface area contributed by atoms with Gasteiger partial charge >= 0.3 is 0 Å². The SMILES string of the molecule is CCOc1cc(Cl)c(C(Cl)c2cccc(Br)c2)cc1Cl. The van der Waals surface area contributed by atoms with Crippen molar-refractivity contribution in [3.8, 4) is 5.75 Å². The molecule has 0 amide bonds. The monoisotopic (exact) mass is 392 g/mol. The third-order valence-electron chi connectivity index (χ3n) is 2.77. The number of hydrogen-bond acceptors (Lipinski definition) is 1. The van der Waals surface area contributed by atoms with Crippen LogP contribution in [0.2, 0.25) is 10.0 Å². The number of ether oxygens (including phenoxy) is 1. The molecule has 0 fully saturated rings. The first-order chi connectivity index (χ1) is 9.52. The molecule has 0 saturated heterocycles. The average molecular weight is 395 g/mol. The molecule has 1 nitrogen and oxygen atoms in total. The van der Waals surface area contributed by atoms with E-state index in [1.807, 2.05) is 31.2 Å². The molecule has 0 aliphatic heterocycles. The molecular weight excluding hydrogens is 382 g/mol. The van der Waals surface area contributed by atoms with E-state index in [1.165, 1.54) is 0 Å². The van der Waals surface area contributed by atoms with Crippen LogP contribution in [0, 0.1) is 0 Å². The van der Waals surface area contributed by atoms with Crippen molar-refractivity contribution >= 4 is 50.7 Å². The van der Waals surface area contributed by atoms with Crippen molar-refractivity contribution in [1.29, 1.82) is 0 Å². The van der Waals surface area contributed by atoms with Gasteiger partial charge < -0.3 is 4.74 Å². The molecule has 2 rings (SSSR count). The van der Waals surface area contributed by atoms with E-state index in [0.29, 0.717) is 22.4 Å². The summed E-state index contributed by atoms with van der Waals surface area (Å²) in [6.45, 7) is 2.43. The van der Waals surface area contributed by atoms with Crippen molar-refractivity contribution in [3.05, 3.63) is 62.0 Å². The lowest BCUT2D eigenvalue weighted by Crippen LogP contribution is -1.98. The highest BCUT2D eigenvalue weighted by atomic mass is 79.9. The molecule has 1 unspecified atom stereocenters. The summed E-state index contributed by atoms with van der Waals surface area (Å²) in [4.78, 5) is 0. The standard InChI is InChI=1S/C15H12BrCl3O/c1-2-20-14-8-12(17)11(7-13(14)18)15(19)9-4-3-5-10(16)6-9/h3-8,15H,2H2,1H3. The van der Waals surface area contributed by atoms with E-state index in [1.54, 1.807) is 12.1 Å². The van der Waals surface area contributed by atoms with Crippen LogP contribution in [-0.2, 0) is 0 Å². The maximum Gasteiger partial charge on any atom is 0.139 e. The molecule has 0 heterocycles. The van der Waals surface area contributed by atoms with Crippen LogP contribution in [0.3, 0.4) is 0 Å². The average Bonchev–Trinajstić information content (AvgIpc) is 2.42. The maximum absolute atomic E-state index is 6.51. The predicted molar refractivity (Wildman–Crippen MR) is 89.5 cm³/mol. The Bertz CT molecular complexity index is 616. The zero-order chi connectivity index (χ0) is 14.7. The molecule has 1 atom stereocenters. The van der Waals surface area contributed by atoms with Gasteiger partial charge in [0.25, 0.3) is 0 Å². The Labute approximate surface area is 141 Å². The normalized spacial score (nSPS) is 12.2. The Morgan fingerprint density at radius 3 is 2.55 bits per heavy atom. The fourth-order valence-electron chi connectivity index (χ4n) is 1.85. The van der Waals surface area contributed by atoms with E-state index in [2.05, 4.69) is 15.9 Å². The van der Waals surface area contributed by atoms with Gasteiger partial charge in [-0.25, -0.2) is 0 Å². The predicted octanol–water partition coefficient (Wildman–Crippen LogP) is 6.48. The smallest absolute Gasteiger partial charge is 0.139 e. The summed E-state index contributed by atoms with van der Waals surface area (Å²) in [5.41, 5.74) is 1.71. The molecule has 0 aliphatic rings. The highest BCUT2D eigenvalue weighted by Gasteiger charge is 2.17. The fourth-order valence-corrected chi connectivity index (χ4v) is 3.13. The highest BCUT2D eigenvalue weighted by molar-refractivity contribution is 9.10. The summed E-state index contributed by atoms with van der Waals surface area (Å²) in [6, 6.07) is 11.2. The van der Waals surface area contributed by atoms with Gasteiger partial charge in [-0.1, -0.05) is 51.3 Å². The van der Waals surface area contributed by atoms with Gasteiger partial charge in [0, 0.05) is 15.6 Å². The molecule has 0 aromatic heterocycles. The van der Waals surface area contributed by atoms with E-state index in [9.17, 15) is 0 Å². The minimum Gasteiger partial charge on any atom is -0.492 e. The summed E-state index contributed by atoms with van der Waals surface area (Å²) in [7, 11) is 0. The van der Waals surface area contributed by atoms with Crippen LogP contribution in [0.25, 0.3) is 0 Å². The summed E-state index contributed by atoms with van der Waals surface area (Å²) in [5.74, 6) is 0.570. The van der Waals surface area contributed by atoms with E-state index in [4.69, 9.17) is 39.5 Å². The highest BCUT2D eigenvalue weighted by Crippen LogP contribution is 2.39. The molecule has 0 bridgehead atoms. The first-order valence-corrected chi connectivity index (χ1v) is 8.02. The third-order valence-corrected chi connectivity index (χ3v) is 4.37. The lowest BCUT2D eigenvalue weighted by Gasteiger charge is -2.15. The Balaban J connectivity index is 2.40. The van der Waals surface area contributed by atoms with Crippen LogP contribution in [0.5, 0.6) is 5.75 Å². The Morgan fingerprint density at radius 1 is 1.15 bits per heavy atom. The first kappa shape index (κ1) is 16.0. The van der Waals surface area contributed by atoms with Gasteiger partial charge in [-0.3, -0.25) is 0 Å². The minimum absolute atomic E-state index is 0.367. The first-order valence-electron chi connectivity index (χ1n) is 6.04. The molecule has 0 N–H and O–H groups in total. The molecule has 0 spiro atoms. The molecule has 106 valence electrons. The Kier molecular flexibility index (Phi) is 5.62. The summed E-state index contributed by atoms with van der Waals surface area (Å²) in [5, 5.41) is 0.679. The Morgan fingerprint density at radius 2 is 1.90 bits per heavy atom. The zero-order valence-corrected chi connectivity index (χ0v) is 14.5. The van der Waals surface area contributed by atoms with Crippen molar-refractivity contribution < 1.29 is 4.74 Å². The fraction of sp³-hybridized carbons (Fsp3) is 0.200. The van der Waals surface area contributed by atoms with Crippen LogP contribution in [0.15, 0.2) is 40.9 Å². The lowest BCUT2D eigenvalue weighted by atomic mass is 10.0. The molecule has 20 heavy (non-hydrogen) atoms. The van der Waals surface area contributed by atoms with Gasteiger partial charge in [-0.05, 0) is 36.2 Å². The van der Waals surface area contributed by atoms with E-state index in [-0.39, 0.29) is 5.38 Å². The maximum atomic E-state index is 6.51. The van der Waals surface area contributed by atoms with Crippen LogP contribution < -0.4 is 4.74 Å². The van der Waals surface area contributed by atoms with Crippen molar-refractivity contribution in [2.45, 2.75) is 12.3 Å². The molecular formula is C15H12BrCl3O. The molecule has 5 heteroatoms. The molecule has 2 aromatic rings. The number of benzene rings is 2. The van der Waals surface area contributed by atoms with Crippen molar-refractivity contribution in [2.75, 3.05) is 6.61 Å². The van der Waals surface area contributed by atoms with E-state index >= 15 is 0 Å². The number of hydrogen-bond donors (Lipinski definition) is 0. The van der Waals surface area contributed by atoms with Crippen LogP contribution in [-0.4, -0.2) is 6.61 Å². The zero-order valence-electron chi connectivity index (χ0n) is 10.7. The van der Waals surface area contributed by atoms with Crippen molar-refractivity contribution in [2.24, 2.45) is 0 Å². The third kappa shape index (κ3) is 3.62. The number of rotatable bonds is 4. The topological polar surface area (TPSA) is 9.23 Å². The molecule has 2 aromatic carbocycles. The Hall–Kier alpha value is -0.410. The minimum atomic E-state index is -0.367. The van der Waals surface area contributed by atoms with Gasteiger partial charge in [0.05, 0.1) is 17.0 Å². The second-order valence-electron chi connectivity index (χ2n) is 4.15. The lowest BCUT2D eigenvalue weighted by molar-refractivity contribution is 0.340. The van der Waals surface area contributed by atoms with Crippen molar-refractivity contribution in [1.82, 2.24) is 0 Å². The summed E-state index contributed by atoms with van der Waals surface area (Å²) >= 11 is 22.4. The van der Waals surface area contributed by atoms with Gasteiger partial charge in [-0.15, -0.1) is 11.6 Å². The largest absolute Gasteiger partial charge is 0.492 e. The molecule has 0 aliphatic carbocycles. The second-order valence-corrected chi connectivity index (χ2v) is 6.32. The molecule has 0 saturated carbocycles. The van der Waals surface area contributed by atoms with Crippen molar-refractivity contribution in [3.63, 3.8) is 0 Å². The van der Waals surface area contributed by atoms with Gasteiger partial charge in [0.15, 0.2) is 0 Å². The summed E-state index contributed by atoms with van der Waals surface area (Å²) < 4.78 is 6.38. The second kappa shape index (κ2) is 7.04. The number of halogens is 4. The van der Waals surface area contributed by atoms with E-state index < -0.39 is 0 Å². The number of alkyl halides is 1. The van der Waals surface area contributed by atoms with Crippen LogP contribution >= 0.6 is 50.7 Å². The summed E-state index contributed by atoms with van der Waals surface area (Å²) in [6.07, 6.45) is 0.